The zero-order valence-corrected chi connectivity index (χ0v) is 20.3. The third kappa shape index (κ3) is 8.96. The topological polar surface area (TPSA) is 58.1 Å². The van der Waals surface area contributed by atoms with Gasteiger partial charge in [-0.2, -0.15) is 0 Å². The van der Waals surface area contributed by atoms with Gasteiger partial charge in [0.1, 0.15) is 0 Å². The monoisotopic (exact) mass is 536 g/mol. The van der Waals surface area contributed by atoms with Gasteiger partial charge in [-0.15, -0.1) is 24.0 Å². The van der Waals surface area contributed by atoms with Crippen molar-refractivity contribution in [1.29, 1.82) is 0 Å². The summed E-state index contributed by atoms with van der Waals surface area (Å²) in [6.07, 6.45) is 3.66. The molecule has 0 bridgehead atoms. The van der Waals surface area contributed by atoms with E-state index < -0.39 is 0 Å². The molecule has 0 amide bonds. The van der Waals surface area contributed by atoms with Gasteiger partial charge in [-0.05, 0) is 42.9 Å². The average Bonchev–Trinajstić information content (AvgIpc) is 3.54. The van der Waals surface area contributed by atoms with Gasteiger partial charge >= 0.3 is 0 Å². The molecule has 1 unspecified atom stereocenters. The van der Waals surface area contributed by atoms with Gasteiger partial charge in [0.25, 0.3) is 0 Å². The van der Waals surface area contributed by atoms with Crippen LogP contribution in [-0.2, 0) is 9.47 Å². The fourth-order valence-corrected chi connectivity index (χ4v) is 3.59. The van der Waals surface area contributed by atoms with E-state index in [1.54, 1.807) is 0 Å². The first-order valence-corrected chi connectivity index (χ1v) is 10.7. The van der Waals surface area contributed by atoms with Crippen LogP contribution in [0.1, 0.15) is 30.9 Å². The second kappa shape index (κ2) is 13.6. The molecule has 2 N–H and O–H groups in total. The van der Waals surface area contributed by atoms with Crippen LogP contribution in [0.5, 0.6) is 0 Å². The highest BCUT2D eigenvalue weighted by Gasteiger charge is 2.23. The Morgan fingerprint density at radius 2 is 2.10 bits per heavy atom. The lowest BCUT2D eigenvalue weighted by atomic mass is 10.0. The highest BCUT2D eigenvalue weighted by molar-refractivity contribution is 14.0. The Morgan fingerprint density at radius 1 is 1.31 bits per heavy atom. The van der Waals surface area contributed by atoms with Crippen molar-refractivity contribution in [3.8, 4) is 0 Å². The van der Waals surface area contributed by atoms with Crippen molar-refractivity contribution in [2.75, 3.05) is 59.7 Å². The SMILES string of the molecule is CN=C(NCCCOCC1CC1)NCC(c1cccc(Cl)c1)N1CCOCC1.I. The maximum absolute atomic E-state index is 6.24. The number of ether oxygens (including phenoxy) is 2. The molecule has 1 aliphatic heterocycles. The summed E-state index contributed by atoms with van der Waals surface area (Å²) >= 11 is 6.24. The van der Waals surface area contributed by atoms with Gasteiger partial charge < -0.3 is 20.1 Å². The summed E-state index contributed by atoms with van der Waals surface area (Å²) in [5, 5.41) is 7.63. The Balaban J connectivity index is 0.00000300. The Labute approximate surface area is 196 Å². The van der Waals surface area contributed by atoms with Gasteiger partial charge in [-0.25, -0.2) is 0 Å². The third-order valence-electron chi connectivity index (χ3n) is 5.21. The maximum atomic E-state index is 6.24. The van der Waals surface area contributed by atoms with E-state index in [-0.39, 0.29) is 30.0 Å². The van der Waals surface area contributed by atoms with Crippen molar-refractivity contribution in [2.24, 2.45) is 10.9 Å². The molecule has 164 valence electrons. The average molecular weight is 537 g/mol. The molecule has 1 aromatic rings. The smallest absolute Gasteiger partial charge is 0.191 e. The molecule has 1 atom stereocenters. The molecular weight excluding hydrogens is 503 g/mol. The van der Waals surface area contributed by atoms with Gasteiger partial charge in [0.2, 0.25) is 0 Å². The molecule has 0 radical (unpaired) electrons. The van der Waals surface area contributed by atoms with Crippen LogP contribution in [0.25, 0.3) is 0 Å². The minimum atomic E-state index is 0. The summed E-state index contributed by atoms with van der Waals surface area (Å²) in [5.41, 5.74) is 1.21. The molecule has 1 saturated heterocycles. The number of guanidine groups is 1. The predicted molar refractivity (Wildman–Crippen MR) is 130 cm³/mol. The molecule has 1 aliphatic carbocycles. The van der Waals surface area contributed by atoms with Crippen molar-refractivity contribution in [1.82, 2.24) is 15.5 Å². The number of hydrogen-bond donors (Lipinski definition) is 2. The highest BCUT2D eigenvalue weighted by atomic mass is 127. The first kappa shape index (κ1) is 24.7. The Morgan fingerprint density at radius 3 is 2.79 bits per heavy atom. The fourth-order valence-electron chi connectivity index (χ4n) is 3.39. The van der Waals surface area contributed by atoms with Crippen LogP contribution in [-0.4, -0.2) is 70.5 Å². The number of hydrogen-bond acceptors (Lipinski definition) is 4. The highest BCUT2D eigenvalue weighted by Crippen LogP contribution is 2.28. The molecule has 6 nitrogen and oxygen atoms in total. The lowest BCUT2D eigenvalue weighted by Gasteiger charge is -2.35. The van der Waals surface area contributed by atoms with Crippen LogP contribution in [0, 0.1) is 5.92 Å². The fraction of sp³-hybridized carbons (Fsp3) is 0.667. The van der Waals surface area contributed by atoms with Crippen molar-refractivity contribution >= 4 is 41.5 Å². The van der Waals surface area contributed by atoms with E-state index in [1.165, 1.54) is 18.4 Å². The summed E-state index contributed by atoms with van der Waals surface area (Å²) in [6.45, 7) is 6.72. The molecule has 1 heterocycles. The number of nitrogens with one attached hydrogen (secondary N) is 2. The minimum Gasteiger partial charge on any atom is -0.381 e. The van der Waals surface area contributed by atoms with Crippen molar-refractivity contribution < 1.29 is 9.47 Å². The summed E-state index contributed by atoms with van der Waals surface area (Å²) in [6, 6.07) is 8.35. The van der Waals surface area contributed by atoms with Crippen LogP contribution in [0.2, 0.25) is 5.02 Å². The zero-order valence-electron chi connectivity index (χ0n) is 17.2. The molecule has 29 heavy (non-hydrogen) atoms. The van der Waals surface area contributed by atoms with Crippen LogP contribution in [0.15, 0.2) is 29.3 Å². The Kier molecular flexibility index (Phi) is 11.6. The van der Waals surface area contributed by atoms with Crippen molar-refractivity contribution in [2.45, 2.75) is 25.3 Å². The maximum Gasteiger partial charge on any atom is 0.191 e. The van der Waals surface area contributed by atoms with Crippen LogP contribution >= 0.6 is 35.6 Å². The number of morpholine rings is 1. The lowest BCUT2D eigenvalue weighted by Crippen LogP contribution is -2.46. The minimum absolute atomic E-state index is 0. The first-order valence-electron chi connectivity index (χ1n) is 10.4. The Bertz CT molecular complexity index is 624. The number of aliphatic imine (C=N–C) groups is 1. The van der Waals surface area contributed by atoms with E-state index in [0.717, 1.165) is 75.9 Å². The van der Waals surface area contributed by atoms with E-state index in [4.69, 9.17) is 21.1 Å². The molecule has 8 heteroatoms. The molecule has 1 aromatic carbocycles. The van der Waals surface area contributed by atoms with E-state index in [0.29, 0.717) is 0 Å². The van der Waals surface area contributed by atoms with Gasteiger partial charge in [-0.1, -0.05) is 23.7 Å². The lowest BCUT2D eigenvalue weighted by molar-refractivity contribution is 0.0170. The summed E-state index contributed by atoms with van der Waals surface area (Å²) in [5.74, 6) is 1.65. The first-order chi connectivity index (χ1) is 13.8. The van der Waals surface area contributed by atoms with Gasteiger partial charge in [0.05, 0.1) is 19.3 Å². The molecule has 2 aliphatic rings. The quantitative estimate of drug-likeness (QED) is 0.208. The number of benzene rings is 1. The molecule has 2 fully saturated rings. The van der Waals surface area contributed by atoms with Crippen molar-refractivity contribution in [3.63, 3.8) is 0 Å². The molecule has 3 rings (SSSR count). The van der Waals surface area contributed by atoms with Crippen molar-refractivity contribution in [3.05, 3.63) is 34.9 Å². The number of nitrogens with zero attached hydrogens (tertiary/aromatic N) is 2. The molecule has 0 spiro atoms. The van der Waals surface area contributed by atoms with E-state index in [2.05, 4.69) is 32.7 Å². The summed E-state index contributed by atoms with van der Waals surface area (Å²) in [7, 11) is 1.81. The third-order valence-corrected chi connectivity index (χ3v) is 5.45. The van der Waals surface area contributed by atoms with E-state index >= 15 is 0 Å². The second-order valence-electron chi connectivity index (χ2n) is 7.47. The molecule has 1 saturated carbocycles. The predicted octanol–water partition coefficient (Wildman–Crippen LogP) is 3.31. The summed E-state index contributed by atoms with van der Waals surface area (Å²) < 4.78 is 11.2. The number of rotatable bonds is 10. The molecule has 0 aromatic heterocycles. The van der Waals surface area contributed by atoms with Gasteiger partial charge in [-0.3, -0.25) is 9.89 Å². The summed E-state index contributed by atoms with van der Waals surface area (Å²) in [4.78, 5) is 6.80. The largest absolute Gasteiger partial charge is 0.381 e. The zero-order chi connectivity index (χ0) is 19.6. The van der Waals surface area contributed by atoms with Crippen LogP contribution < -0.4 is 10.6 Å². The Hall–Kier alpha value is -0.610. The van der Waals surface area contributed by atoms with Crippen LogP contribution in [0.3, 0.4) is 0 Å². The molecular formula is C21H34ClIN4O2. The van der Waals surface area contributed by atoms with E-state index in [1.807, 2.05) is 19.2 Å². The normalized spacial score (nSPS) is 18.8. The standard InChI is InChI=1S/C21H33ClN4O2.HI/c1-23-21(24-8-3-11-28-16-17-6-7-17)25-15-20(26-9-12-27-13-10-26)18-4-2-5-19(22)14-18;/h2,4-5,14,17,20H,3,6-13,15-16H2,1H3,(H2,23,24,25);1H. The van der Waals surface area contributed by atoms with Gasteiger partial charge in [0, 0.05) is 51.5 Å². The second-order valence-corrected chi connectivity index (χ2v) is 7.91. The van der Waals surface area contributed by atoms with Gasteiger partial charge in [0.15, 0.2) is 5.96 Å². The number of halogens is 2. The van der Waals surface area contributed by atoms with Crippen LogP contribution in [0.4, 0.5) is 0 Å². The van der Waals surface area contributed by atoms with E-state index in [9.17, 15) is 0 Å².